The zero-order valence-electron chi connectivity index (χ0n) is 8.52. The number of phenolic OH excluding ortho intramolecular Hbond substituents is 1. The van der Waals surface area contributed by atoms with Gasteiger partial charge in [-0.3, -0.25) is 20.2 Å². The third-order valence-corrected chi connectivity index (χ3v) is 2.23. The van der Waals surface area contributed by atoms with E-state index in [1.807, 2.05) is 0 Å². The lowest BCUT2D eigenvalue weighted by molar-refractivity contribution is -0.394. The first-order valence-electron chi connectivity index (χ1n) is 4.50. The van der Waals surface area contributed by atoms with Gasteiger partial charge in [0.15, 0.2) is 5.58 Å². The minimum absolute atomic E-state index is 0.192. The third kappa shape index (κ3) is 1.63. The molecule has 0 radical (unpaired) electrons. The summed E-state index contributed by atoms with van der Waals surface area (Å²) in [5.41, 5.74) is -2.91. The van der Waals surface area contributed by atoms with Crippen LogP contribution < -0.4 is 5.63 Å². The molecule has 9 heteroatoms. The van der Waals surface area contributed by atoms with E-state index in [0.717, 1.165) is 18.2 Å². The average Bonchev–Trinajstić information content (AvgIpc) is 2.27. The van der Waals surface area contributed by atoms with Crippen LogP contribution in [0.15, 0.2) is 27.4 Å². The molecule has 1 heterocycles. The van der Waals surface area contributed by atoms with E-state index in [1.54, 1.807) is 0 Å². The Morgan fingerprint density at radius 2 is 1.83 bits per heavy atom. The molecule has 2 aromatic rings. The van der Waals surface area contributed by atoms with Gasteiger partial charge in [-0.25, -0.2) is 4.79 Å². The van der Waals surface area contributed by atoms with Crippen molar-refractivity contribution in [3.8, 4) is 5.75 Å². The number of benzene rings is 1. The number of fused-ring (bicyclic) bond motifs is 1. The van der Waals surface area contributed by atoms with Crippen LogP contribution in [-0.4, -0.2) is 15.0 Å². The third-order valence-electron chi connectivity index (χ3n) is 2.23. The van der Waals surface area contributed by atoms with Crippen LogP contribution in [0.25, 0.3) is 11.0 Å². The first-order valence-corrected chi connectivity index (χ1v) is 4.50. The lowest BCUT2D eigenvalue weighted by Gasteiger charge is -2.01. The summed E-state index contributed by atoms with van der Waals surface area (Å²) >= 11 is 0. The highest BCUT2D eigenvalue weighted by atomic mass is 16.6. The van der Waals surface area contributed by atoms with E-state index in [9.17, 15) is 30.1 Å². The van der Waals surface area contributed by atoms with Crippen molar-refractivity contribution in [2.75, 3.05) is 0 Å². The van der Waals surface area contributed by atoms with Crippen LogP contribution in [0.1, 0.15) is 0 Å². The first kappa shape index (κ1) is 11.5. The minimum atomic E-state index is -1.08. The molecule has 92 valence electrons. The molecule has 0 saturated heterocycles. The Kier molecular flexibility index (Phi) is 2.43. The molecule has 1 aromatic carbocycles. The summed E-state index contributed by atoms with van der Waals surface area (Å²) in [6, 6.07) is 2.74. The molecule has 0 amide bonds. The van der Waals surface area contributed by atoms with Gasteiger partial charge < -0.3 is 9.52 Å². The van der Waals surface area contributed by atoms with Gasteiger partial charge in [0.2, 0.25) is 0 Å². The van der Waals surface area contributed by atoms with Crippen LogP contribution in [0.2, 0.25) is 0 Å². The number of hydrogen-bond acceptors (Lipinski definition) is 7. The van der Waals surface area contributed by atoms with Gasteiger partial charge in [0.25, 0.3) is 5.75 Å². The normalized spacial score (nSPS) is 10.4. The van der Waals surface area contributed by atoms with Crippen molar-refractivity contribution in [2.45, 2.75) is 0 Å². The van der Waals surface area contributed by atoms with Gasteiger partial charge in [-0.2, -0.15) is 0 Å². The smallest absolute Gasteiger partial charge is 0.336 e. The lowest BCUT2D eigenvalue weighted by atomic mass is 10.1. The second-order valence-corrected chi connectivity index (χ2v) is 3.27. The maximum atomic E-state index is 11.0. The van der Waals surface area contributed by atoms with E-state index < -0.39 is 32.6 Å². The van der Waals surface area contributed by atoms with Gasteiger partial charge in [-0.1, -0.05) is 0 Å². The van der Waals surface area contributed by atoms with Gasteiger partial charge in [0.1, 0.15) is 0 Å². The van der Waals surface area contributed by atoms with Crippen molar-refractivity contribution in [2.24, 2.45) is 0 Å². The summed E-state index contributed by atoms with van der Waals surface area (Å²) in [7, 11) is 0. The first-order chi connectivity index (χ1) is 8.41. The van der Waals surface area contributed by atoms with Crippen molar-refractivity contribution in [1.82, 2.24) is 0 Å². The molecule has 0 saturated carbocycles. The van der Waals surface area contributed by atoms with Gasteiger partial charge >= 0.3 is 17.0 Å². The second kappa shape index (κ2) is 3.80. The van der Waals surface area contributed by atoms with Gasteiger partial charge in [0, 0.05) is 6.07 Å². The molecule has 0 aliphatic heterocycles. The summed E-state index contributed by atoms with van der Waals surface area (Å²) in [6.45, 7) is 0. The summed E-state index contributed by atoms with van der Waals surface area (Å²) < 4.78 is 4.62. The van der Waals surface area contributed by atoms with E-state index in [-0.39, 0.29) is 11.0 Å². The molecule has 0 bridgehead atoms. The van der Waals surface area contributed by atoms with Crippen LogP contribution in [0.5, 0.6) is 5.75 Å². The quantitative estimate of drug-likeness (QED) is 0.483. The molecule has 1 aromatic heterocycles. The molecule has 0 fully saturated rings. The van der Waals surface area contributed by atoms with E-state index in [1.165, 1.54) is 0 Å². The Morgan fingerprint density at radius 1 is 1.17 bits per heavy atom. The second-order valence-electron chi connectivity index (χ2n) is 3.27. The van der Waals surface area contributed by atoms with Crippen LogP contribution in [-0.2, 0) is 0 Å². The fraction of sp³-hybridized carbons (Fsp3) is 0. The molecule has 9 nitrogen and oxygen atoms in total. The SMILES string of the molecule is O=c1ccc2c([N+](=O)[O-])c(O)c([N+](=O)[O-])cc2o1. The van der Waals surface area contributed by atoms with E-state index in [0.29, 0.717) is 0 Å². The van der Waals surface area contributed by atoms with Crippen LogP contribution in [0.3, 0.4) is 0 Å². The van der Waals surface area contributed by atoms with Crippen molar-refractivity contribution >= 4 is 22.3 Å². The molecule has 2 rings (SSSR count). The Hall–Kier alpha value is -2.97. The number of phenols is 1. The van der Waals surface area contributed by atoms with E-state index in [2.05, 4.69) is 4.42 Å². The highest BCUT2D eigenvalue weighted by molar-refractivity contribution is 5.92. The van der Waals surface area contributed by atoms with Gasteiger partial charge in [0.05, 0.1) is 21.3 Å². The molecular weight excluding hydrogens is 248 g/mol. The van der Waals surface area contributed by atoms with Crippen molar-refractivity contribution in [3.05, 3.63) is 48.8 Å². The largest absolute Gasteiger partial charge is 0.497 e. The molecule has 0 aliphatic rings. The van der Waals surface area contributed by atoms with Crippen LogP contribution >= 0.6 is 0 Å². The minimum Gasteiger partial charge on any atom is -0.497 e. The number of hydrogen-bond donors (Lipinski definition) is 1. The number of nitrogens with zero attached hydrogens (tertiary/aromatic N) is 2. The Morgan fingerprint density at radius 3 is 2.39 bits per heavy atom. The fourth-order valence-corrected chi connectivity index (χ4v) is 1.50. The highest BCUT2D eigenvalue weighted by Crippen LogP contribution is 2.41. The lowest BCUT2D eigenvalue weighted by Crippen LogP contribution is -1.99. The maximum absolute atomic E-state index is 11.0. The summed E-state index contributed by atoms with van der Waals surface area (Å²) in [4.78, 5) is 30.4. The highest BCUT2D eigenvalue weighted by Gasteiger charge is 2.29. The Balaban J connectivity index is 3.01. The number of aromatic hydroxyl groups is 1. The predicted octanol–water partition coefficient (Wildman–Crippen LogP) is 1.31. The standard InChI is InChI=1S/C9H4N2O7/c12-7-2-1-4-6(18-7)3-5(10(14)15)9(13)8(4)11(16)17/h1-3,13H. The van der Waals surface area contributed by atoms with E-state index in [4.69, 9.17) is 0 Å². The van der Waals surface area contributed by atoms with Crippen molar-refractivity contribution in [1.29, 1.82) is 0 Å². The van der Waals surface area contributed by atoms with Crippen molar-refractivity contribution in [3.63, 3.8) is 0 Å². The molecule has 18 heavy (non-hydrogen) atoms. The number of nitro benzene ring substituents is 2. The number of nitro groups is 2. The monoisotopic (exact) mass is 252 g/mol. The number of rotatable bonds is 2. The van der Waals surface area contributed by atoms with Crippen LogP contribution in [0, 0.1) is 20.2 Å². The Labute approximate surface area is 97.2 Å². The summed E-state index contributed by atoms with van der Waals surface area (Å²) in [5.74, 6) is -1.08. The zero-order valence-corrected chi connectivity index (χ0v) is 8.52. The molecule has 0 atom stereocenters. The average molecular weight is 252 g/mol. The topological polar surface area (TPSA) is 137 Å². The molecule has 0 aliphatic carbocycles. The van der Waals surface area contributed by atoms with Gasteiger partial charge in [-0.05, 0) is 6.07 Å². The van der Waals surface area contributed by atoms with Gasteiger partial charge in [-0.15, -0.1) is 0 Å². The fourth-order valence-electron chi connectivity index (χ4n) is 1.50. The van der Waals surface area contributed by atoms with E-state index >= 15 is 0 Å². The molecular formula is C9H4N2O7. The maximum Gasteiger partial charge on any atom is 0.336 e. The summed E-state index contributed by atoms with van der Waals surface area (Å²) in [6.07, 6.45) is 0. The molecule has 0 spiro atoms. The van der Waals surface area contributed by atoms with Crippen molar-refractivity contribution < 1.29 is 19.4 Å². The van der Waals surface area contributed by atoms with Crippen LogP contribution in [0.4, 0.5) is 11.4 Å². The zero-order chi connectivity index (χ0) is 13.4. The Bertz CT molecular complexity index is 734. The predicted molar refractivity (Wildman–Crippen MR) is 57.5 cm³/mol. The summed E-state index contributed by atoms with van der Waals surface area (Å²) in [5, 5.41) is 30.7. The molecule has 0 unspecified atom stereocenters. The molecule has 1 N–H and O–H groups in total.